The number of hydrogen-bond acceptors (Lipinski definition) is 5. The van der Waals surface area contributed by atoms with Crippen molar-refractivity contribution in [1.82, 2.24) is 9.62 Å². The third-order valence-corrected chi connectivity index (χ3v) is 9.09. The Morgan fingerprint density at radius 2 is 1.68 bits per heavy atom. The van der Waals surface area contributed by atoms with E-state index in [1.54, 1.807) is 6.07 Å². The molecule has 1 amide bonds. The summed E-state index contributed by atoms with van der Waals surface area (Å²) in [4.78, 5) is 14.0. The lowest BCUT2D eigenvalue weighted by atomic mass is 10.1. The first kappa shape index (κ1) is 23.6. The molecule has 7 nitrogen and oxygen atoms in total. The van der Waals surface area contributed by atoms with Crippen LogP contribution < -0.4 is 4.72 Å². The molecule has 0 unspecified atom stereocenters. The lowest BCUT2D eigenvalue weighted by molar-refractivity contribution is -0.131. The Bertz CT molecular complexity index is 1150. The molecule has 1 fully saturated rings. The smallest absolute Gasteiger partial charge is 0.240 e. The monoisotopic (exact) mass is 488 g/mol. The summed E-state index contributed by atoms with van der Waals surface area (Å²) in [7, 11) is -7.39. The van der Waals surface area contributed by atoms with Crippen LogP contribution in [0.1, 0.15) is 19.3 Å². The third kappa shape index (κ3) is 5.82. The van der Waals surface area contributed by atoms with E-state index in [4.69, 9.17) is 11.6 Å². The highest BCUT2D eigenvalue weighted by Gasteiger charge is 2.32. The van der Waals surface area contributed by atoms with Gasteiger partial charge in [0.05, 0.1) is 15.0 Å². The zero-order chi connectivity index (χ0) is 22.6. The molecule has 2 aromatic carbocycles. The van der Waals surface area contributed by atoms with E-state index >= 15 is 0 Å². The predicted molar refractivity (Wildman–Crippen MR) is 114 cm³/mol. The summed E-state index contributed by atoms with van der Waals surface area (Å²) < 4.78 is 65.4. The Morgan fingerprint density at radius 1 is 1.03 bits per heavy atom. The van der Waals surface area contributed by atoms with Crippen molar-refractivity contribution in [3.05, 3.63) is 59.4 Å². The van der Waals surface area contributed by atoms with Crippen LogP contribution >= 0.6 is 11.6 Å². The predicted octanol–water partition coefficient (Wildman–Crippen LogP) is 2.61. The molecule has 1 saturated heterocycles. The van der Waals surface area contributed by atoms with Gasteiger partial charge in [-0.25, -0.2) is 25.9 Å². The molecule has 0 aliphatic carbocycles. The number of sulfonamides is 1. The van der Waals surface area contributed by atoms with Crippen LogP contribution in [0.3, 0.4) is 0 Å². The number of amides is 1. The second kappa shape index (κ2) is 9.64. The molecule has 0 atom stereocenters. The van der Waals surface area contributed by atoms with Crippen LogP contribution in [0.15, 0.2) is 58.3 Å². The zero-order valence-corrected chi connectivity index (χ0v) is 18.9. The van der Waals surface area contributed by atoms with Crippen molar-refractivity contribution in [2.24, 2.45) is 0 Å². The highest BCUT2D eigenvalue weighted by molar-refractivity contribution is 7.92. The summed E-state index contributed by atoms with van der Waals surface area (Å²) >= 11 is 5.81. The first-order chi connectivity index (χ1) is 14.6. The average Bonchev–Trinajstić information content (AvgIpc) is 2.74. The van der Waals surface area contributed by atoms with Crippen LogP contribution in [0.4, 0.5) is 4.39 Å². The van der Waals surface area contributed by atoms with Gasteiger partial charge in [-0.15, -0.1) is 0 Å². The van der Waals surface area contributed by atoms with Crippen molar-refractivity contribution in [2.45, 2.75) is 34.3 Å². The lowest BCUT2D eigenvalue weighted by Crippen LogP contribution is -2.43. The molecule has 0 saturated carbocycles. The van der Waals surface area contributed by atoms with Gasteiger partial charge in [0.25, 0.3) is 0 Å². The van der Waals surface area contributed by atoms with E-state index < -0.39 is 30.9 Å². The van der Waals surface area contributed by atoms with Gasteiger partial charge in [0.2, 0.25) is 15.9 Å². The number of piperidine rings is 1. The van der Waals surface area contributed by atoms with Crippen molar-refractivity contribution in [2.75, 3.05) is 19.6 Å². The molecule has 31 heavy (non-hydrogen) atoms. The van der Waals surface area contributed by atoms with Gasteiger partial charge in [0.1, 0.15) is 5.82 Å². The van der Waals surface area contributed by atoms with Gasteiger partial charge in [-0.05, 0) is 55.3 Å². The van der Waals surface area contributed by atoms with Crippen LogP contribution in [0, 0.1) is 5.82 Å². The standard InChI is InChI=1S/C20H22ClFN2O5S2/c21-15-2-1-3-19(14-15)31(28,29)23-11-8-20(25)24-12-9-18(10-13-24)30(26,27)17-6-4-16(22)5-7-17/h1-7,14,18,23H,8-13H2. The molecule has 3 rings (SSSR count). The maximum Gasteiger partial charge on any atom is 0.240 e. The summed E-state index contributed by atoms with van der Waals surface area (Å²) in [5.74, 6) is -0.767. The largest absolute Gasteiger partial charge is 0.343 e. The molecule has 11 heteroatoms. The quantitative estimate of drug-likeness (QED) is 0.604. The number of benzene rings is 2. The number of rotatable bonds is 7. The third-order valence-electron chi connectivity index (χ3n) is 5.11. The number of hydrogen-bond donors (Lipinski definition) is 1. The number of nitrogens with zero attached hydrogens (tertiary/aromatic N) is 1. The van der Waals surface area contributed by atoms with Gasteiger partial charge in [0, 0.05) is 31.1 Å². The fourth-order valence-electron chi connectivity index (χ4n) is 3.40. The van der Waals surface area contributed by atoms with Crippen LogP contribution in [0.25, 0.3) is 0 Å². The topological polar surface area (TPSA) is 101 Å². The van der Waals surface area contributed by atoms with E-state index in [0.29, 0.717) is 0 Å². The summed E-state index contributed by atoms with van der Waals surface area (Å²) in [6, 6.07) is 10.5. The van der Waals surface area contributed by atoms with Crippen LogP contribution in [0.2, 0.25) is 5.02 Å². The van der Waals surface area contributed by atoms with E-state index in [9.17, 15) is 26.0 Å². The molecule has 0 spiro atoms. The van der Waals surface area contributed by atoms with E-state index in [1.165, 1.54) is 35.2 Å². The van der Waals surface area contributed by atoms with Gasteiger partial charge >= 0.3 is 0 Å². The van der Waals surface area contributed by atoms with Crippen LogP contribution in [-0.2, 0) is 24.7 Å². The molecule has 168 valence electrons. The van der Waals surface area contributed by atoms with Gasteiger partial charge in [-0.3, -0.25) is 4.79 Å². The van der Waals surface area contributed by atoms with Crippen molar-refractivity contribution >= 4 is 37.4 Å². The van der Waals surface area contributed by atoms with Gasteiger partial charge < -0.3 is 4.90 Å². The molecule has 0 radical (unpaired) electrons. The number of likely N-dealkylation sites (tertiary alicyclic amines) is 1. The Kier molecular flexibility index (Phi) is 7.35. The average molecular weight is 489 g/mol. The Labute approximate surface area is 186 Å². The van der Waals surface area contributed by atoms with Crippen molar-refractivity contribution < 1.29 is 26.0 Å². The molecular formula is C20H22ClFN2O5S2. The number of sulfone groups is 1. The first-order valence-corrected chi connectivity index (χ1v) is 13.0. The van der Waals surface area contributed by atoms with E-state index in [0.717, 1.165) is 12.1 Å². The zero-order valence-electron chi connectivity index (χ0n) is 16.5. The number of carbonyl (C=O) groups excluding carboxylic acids is 1. The molecule has 2 aromatic rings. The minimum Gasteiger partial charge on any atom is -0.343 e. The van der Waals surface area contributed by atoms with Crippen molar-refractivity contribution in [1.29, 1.82) is 0 Å². The van der Waals surface area contributed by atoms with Crippen molar-refractivity contribution in [3.8, 4) is 0 Å². The molecule has 1 aliphatic heterocycles. The number of carbonyl (C=O) groups is 1. The summed E-state index contributed by atoms with van der Waals surface area (Å²) in [5, 5.41) is -0.360. The van der Waals surface area contributed by atoms with Crippen LogP contribution in [0.5, 0.6) is 0 Å². The summed E-state index contributed by atoms with van der Waals surface area (Å²) in [5.41, 5.74) is 0. The summed E-state index contributed by atoms with van der Waals surface area (Å²) in [6.07, 6.45) is 0.481. The summed E-state index contributed by atoms with van der Waals surface area (Å²) in [6.45, 7) is 0.428. The number of nitrogens with one attached hydrogen (secondary N) is 1. The maximum absolute atomic E-state index is 13.1. The Balaban J connectivity index is 1.51. The Morgan fingerprint density at radius 3 is 2.29 bits per heavy atom. The van der Waals surface area contributed by atoms with Gasteiger partial charge in [-0.1, -0.05) is 17.7 Å². The minimum atomic E-state index is -3.78. The Hall–Kier alpha value is -2.01. The fraction of sp³-hybridized carbons (Fsp3) is 0.350. The molecule has 1 heterocycles. The number of halogens is 2. The molecule has 1 aliphatic rings. The highest BCUT2D eigenvalue weighted by atomic mass is 35.5. The molecular weight excluding hydrogens is 467 g/mol. The SMILES string of the molecule is O=C(CCNS(=O)(=O)c1cccc(Cl)c1)N1CCC(S(=O)(=O)c2ccc(F)cc2)CC1. The van der Waals surface area contributed by atoms with Crippen molar-refractivity contribution in [3.63, 3.8) is 0 Å². The van der Waals surface area contributed by atoms with Gasteiger partial charge in [-0.2, -0.15) is 0 Å². The first-order valence-electron chi connectivity index (χ1n) is 9.62. The fourth-order valence-corrected chi connectivity index (χ4v) is 6.46. The van der Waals surface area contributed by atoms with E-state index in [-0.39, 0.29) is 59.6 Å². The van der Waals surface area contributed by atoms with E-state index in [1.807, 2.05) is 0 Å². The lowest BCUT2D eigenvalue weighted by Gasteiger charge is -2.31. The highest BCUT2D eigenvalue weighted by Crippen LogP contribution is 2.25. The normalized spacial score (nSPS) is 15.7. The second-order valence-corrected chi connectivity index (χ2v) is 11.6. The minimum absolute atomic E-state index is 0.0132. The van der Waals surface area contributed by atoms with Gasteiger partial charge in [0.15, 0.2) is 9.84 Å². The van der Waals surface area contributed by atoms with E-state index in [2.05, 4.69) is 4.72 Å². The molecule has 0 bridgehead atoms. The molecule has 0 aromatic heterocycles. The second-order valence-electron chi connectivity index (χ2n) is 7.18. The molecule has 1 N–H and O–H groups in total. The maximum atomic E-state index is 13.1. The van der Waals surface area contributed by atoms with Crippen LogP contribution in [-0.4, -0.2) is 52.5 Å².